The summed E-state index contributed by atoms with van der Waals surface area (Å²) in [5.41, 5.74) is 0. The second kappa shape index (κ2) is 5.75. The van der Waals surface area contributed by atoms with Crippen LogP contribution in [-0.4, -0.2) is 34.3 Å². The average molecular weight is 232 g/mol. The van der Waals surface area contributed by atoms with Crippen LogP contribution in [0.25, 0.3) is 0 Å². The minimum absolute atomic E-state index is 0.453. The van der Waals surface area contributed by atoms with Gasteiger partial charge in [-0.15, -0.1) is 11.8 Å². The minimum Gasteiger partial charge on any atom is -0.480 e. The van der Waals surface area contributed by atoms with Crippen LogP contribution < -0.4 is 0 Å². The Kier molecular flexibility index (Phi) is 4.93. The van der Waals surface area contributed by atoms with Crippen LogP contribution in [-0.2, 0) is 9.53 Å². The molecule has 1 aliphatic rings. The first-order chi connectivity index (χ1) is 7.14. The Hall–Kier alpha value is -0.220. The van der Waals surface area contributed by atoms with Crippen molar-refractivity contribution in [3.8, 4) is 0 Å². The van der Waals surface area contributed by atoms with Gasteiger partial charge in [-0.25, -0.2) is 0 Å². The highest BCUT2D eigenvalue weighted by Crippen LogP contribution is 2.39. The molecule has 0 aromatic carbocycles. The zero-order valence-corrected chi connectivity index (χ0v) is 10.3. The molecule has 0 spiro atoms. The summed E-state index contributed by atoms with van der Waals surface area (Å²) in [5, 5.41) is 9.76. The third-order valence-electron chi connectivity index (χ3n) is 3.09. The quantitative estimate of drug-likeness (QED) is 0.791. The molecule has 0 aliphatic carbocycles. The predicted molar refractivity (Wildman–Crippen MR) is 62.4 cm³/mol. The van der Waals surface area contributed by atoms with Gasteiger partial charge >= 0.3 is 5.97 Å². The molecule has 1 saturated heterocycles. The zero-order valence-electron chi connectivity index (χ0n) is 9.49. The lowest BCUT2D eigenvalue weighted by Gasteiger charge is -2.32. The summed E-state index contributed by atoms with van der Waals surface area (Å²) >= 11 is 1.64. The van der Waals surface area contributed by atoms with Crippen molar-refractivity contribution < 1.29 is 14.6 Å². The number of hydrogen-bond donors (Lipinski definition) is 1. The molecule has 15 heavy (non-hydrogen) atoms. The number of ether oxygens (including phenoxy) is 1. The number of aliphatic carboxylic acids is 1. The number of rotatable bonds is 5. The second-order valence-corrected chi connectivity index (χ2v) is 5.62. The van der Waals surface area contributed by atoms with Crippen molar-refractivity contribution in [1.82, 2.24) is 0 Å². The number of carboxylic acid groups (broad SMARTS) is 1. The fraction of sp³-hybridized carbons (Fsp3) is 0.909. The van der Waals surface area contributed by atoms with Crippen LogP contribution in [0.1, 0.15) is 39.5 Å². The molecule has 0 unspecified atom stereocenters. The molecular weight excluding hydrogens is 212 g/mol. The van der Waals surface area contributed by atoms with Gasteiger partial charge in [-0.05, 0) is 25.7 Å². The van der Waals surface area contributed by atoms with Gasteiger partial charge in [-0.3, -0.25) is 4.79 Å². The van der Waals surface area contributed by atoms with Crippen LogP contribution >= 0.6 is 11.8 Å². The van der Waals surface area contributed by atoms with E-state index in [0.717, 1.165) is 26.1 Å². The molecule has 1 rings (SSSR count). The number of carboxylic acids is 1. The second-order valence-electron chi connectivity index (χ2n) is 3.94. The zero-order chi connectivity index (χ0) is 11.3. The summed E-state index contributed by atoms with van der Waals surface area (Å²) < 4.78 is 4.70. The fourth-order valence-electron chi connectivity index (χ4n) is 1.88. The van der Waals surface area contributed by atoms with Crippen LogP contribution in [0, 0.1) is 0 Å². The van der Waals surface area contributed by atoms with Crippen molar-refractivity contribution in [2.24, 2.45) is 0 Å². The van der Waals surface area contributed by atoms with Crippen molar-refractivity contribution in [2.45, 2.75) is 49.5 Å². The van der Waals surface area contributed by atoms with E-state index in [-0.39, 0.29) is 0 Å². The molecule has 0 radical (unpaired) electrons. The third kappa shape index (κ3) is 3.11. The Balaban J connectivity index is 2.60. The molecule has 88 valence electrons. The first kappa shape index (κ1) is 12.8. The normalized spacial score (nSPS) is 19.1. The van der Waals surface area contributed by atoms with Crippen LogP contribution in [0.3, 0.4) is 0 Å². The van der Waals surface area contributed by atoms with Crippen LogP contribution in [0.15, 0.2) is 0 Å². The highest BCUT2D eigenvalue weighted by molar-refractivity contribution is 8.02. The van der Waals surface area contributed by atoms with Crippen molar-refractivity contribution in [2.75, 3.05) is 13.2 Å². The first-order valence-electron chi connectivity index (χ1n) is 5.63. The standard InChI is InChI=1S/C11H20O3S/c1-3-11(4-2,10(12)13)15-9-5-7-14-8-6-9/h9H,3-8H2,1-2H3,(H,12,13). The van der Waals surface area contributed by atoms with Gasteiger partial charge in [0.25, 0.3) is 0 Å². The fourth-order valence-corrected chi connectivity index (χ4v) is 3.38. The summed E-state index contributed by atoms with van der Waals surface area (Å²) in [6.07, 6.45) is 3.36. The first-order valence-corrected chi connectivity index (χ1v) is 6.51. The predicted octanol–water partition coefficient (Wildman–Crippen LogP) is 2.54. The smallest absolute Gasteiger partial charge is 0.319 e. The van der Waals surface area contributed by atoms with Crippen LogP contribution in [0.5, 0.6) is 0 Å². The topological polar surface area (TPSA) is 46.5 Å². The van der Waals surface area contributed by atoms with Gasteiger partial charge in [0.15, 0.2) is 0 Å². The lowest BCUT2D eigenvalue weighted by molar-refractivity contribution is -0.140. The highest BCUT2D eigenvalue weighted by Gasteiger charge is 2.38. The van der Waals surface area contributed by atoms with Gasteiger partial charge in [-0.1, -0.05) is 13.8 Å². The third-order valence-corrected chi connectivity index (χ3v) is 5.10. The van der Waals surface area contributed by atoms with Gasteiger partial charge in [0.05, 0.1) is 0 Å². The molecule has 0 saturated carbocycles. The minimum atomic E-state index is -0.663. The molecule has 0 atom stereocenters. The highest BCUT2D eigenvalue weighted by atomic mass is 32.2. The van der Waals surface area contributed by atoms with E-state index in [0.29, 0.717) is 18.1 Å². The summed E-state index contributed by atoms with van der Waals surface area (Å²) in [4.78, 5) is 11.3. The van der Waals surface area contributed by atoms with Gasteiger partial charge in [-0.2, -0.15) is 0 Å². The maximum atomic E-state index is 11.3. The summed E-state index contributed by atoms with van der Waals surface area (Å²) in [7, 11) is 0. The molecule has 0 aromatic heterocycles. The van der Waals surface area contributed by atoms with Gasteiger partial charge in [0.1, 0.15) is 4.75 Å². The molecule has 1 N–H and O–H groups in total. The summed E-state index contributed by atoms with van der Waals surface area (Å²) in [5.74, 6) is -0.663. The largest absolute Gasteiger partial charge is 0.480 e. The van der Waals surface area contributed by atoms with E-state index in [1.807, 2.05) is 13.8 Å². The molecule has 0 bridgehead atoms. The summed E-state index contributed by atoms with van der Waals surface area (Å²) in [6.45, 7) is 5.48. The van der Waals surface area contributed by atoms with E-state index < -0.39 is 10.7 Å². The number of thioether (sulfide) groups is 1. The van der Waals surface area contributed by atoms with E-state index in [4.69, 9.17) is 4.74 Å². The SMILES string of the molecule is CCC(CC)(SC1CCOCC1)C(=O)O. The molecule has 1 fully saturated rings. The number of carbonyl (C=O) groups is 1. The molecule has 0 aromatic rings. The average Bonchev–Trinajstić information content (AvgIpc) is 2.27. The lowest BCUT2D eigenvalue weighted by Crippen LogP contribution is -2.37. The maximum Gasteiger partial charge on any atom is 0.319 e. The lowest BCUT2D eigenvalue weighted by atomic mass is 10.0. The summed E-state index contributed by atoms with van der Waals surface area (Å²) in [6, 6.07) is 0. The van der Waals surface area contributed by atoms with Crippen molar-refractivity contribution >= 4 is 17.7 Å². The molecule has 1 heterocycles. The van der Waals surface area contributed by atoms with Gasteiger partial charge in [0.2, 0.25) is 0 Å². The van der Waals surface area contributed by atoms with Crippen molar-refractivity contribution in [1.29, 1.82) is 0 Å². The Bertz CT molecular complexity index is 208. The molecular formula is C11H20O3S. The van der Waals surface area contributed by atoms with E-state index in [1.165, 1.54) is 0 Å². The Morgan fingerprint density at radius 2 is 1.93 bits per heavy atom. The Labute approximate surface area is 95.6 Å². The van der Waals surface area contributed by atoms with Gasteiger partial charge < -0.3 is 9.84 Å². The van der Waals surface area contributed by atoms with E-state index in [1.54, 1.807) is 11.8 Å². The molecule has 0 amide bonds. The van der Waals surface area contributed by atoms with Crippen LogP contribution in [0.4, 0.5) is 0 Å². The van der Waals surface area contributed by atoms with Crippen molar-refractivity contribution in [3.63, 3.8) is 0 Å². The van der Waals surface area contributed by atoms with E-state index in [2.05, 4.69) is 0 Å². The molecule has 4 heteroatoms. The molecule has 3 nitrogen and oxygen atoms in total. The maximum absolute atomic E-state index is 11.3. The van der Waals surface area contributed by atoms with E-state index >= 15 is 0 Å². The monoisotopic (exact) mass is 232 g/mol. The van der Waals surface area contributed by atoms with E-state index in [9.17, 15) is 9.90 Å². The van der Waals surface area contributed by atoms with Gasteiger partial charge in [0, 0.05) is 18.5 Å². The van der Waals surface area contributed by atoms with Crippen LogP contribution in [0.2, 0.25) is 0 Å². The Morgan fingerprint density at radius 3 is 2.33 bits per heavy atom. The Morgan fingerprint density at radius 1 is 1.40 bits per heavy atom. The van der Waals surface area contributed by atoms with Crippen molar-refractivity contribution in [3.05, 3.63) is 0 Å². The number of hydrogen-bond acceptors (Lipinski definition) is 3. The molecule has 1 aliphatic heterocycles.